The van der Waals surface area contributed by atoms with Crippen molar-refractivity contribution in [3.63, 3.8) is 0 Å². The number of halogens is 1. The van der Waals surface area contributed by atoms with Crippen molar-refractivity contribution >= 4 is 11.6 Å². The Hall–Kier alpha value is -1.35. The molecule has 1 aromatic carbocycles. The molecule has 3 rings (SSSR count). The van der Waals surface area contributed by atoms with Gasteiger partial charge in [0.25, 0.3) is 0 Å². The number of hydrogen-bond acceptors (Lipinski definition) is 2. The minimum Gasteiger partial charge on any atom is -0.244 e. The molecular weight excluding hydrogens is 246 g/mol. The summed E-state index contributed by atoms with van der Waals surface area (Å²) in [4.78, 5) is 0. The van der Waals surface area contributed by atoms with Crippen LogP contribution in [0.4, 0.5) is 0 Å². The summed E-state index contributed by atoms with van der Waals surface area (Å²) in [6, 6.07) is 10.4. The lowest BCUT2D eigenvalue weighted by Gasteiger charge is -2.26. The van der Waals surface area contributed by atoms with Crippen molar-refractivity contribution in [1.29, 1.82) is 0 Å². The van der Waals surface area contributed by atoms with Gasteiger partial charge in [-0.2, -0.15) is 0 Å². The van der Waals surface area contributed by atoms with E-state index in [1.807, 2.05) is 10.7 Å². The third kappa shape index (κ3) is 2.15. The summed E-state index contributed by atoms with van der Waals surface area (Å²) in [6.07, 6.45) is 3.79. The van der Waals surface area contributed by atoms with Crippen molar-refractivity contribution in [3.8, 4) is 0 Å². The lowest BCUT2D eigenvalue weighted by molar-refractivity contribution is 0.390. The Bertz CT molecular complexity index is 517. The summed E-state index contributed by atoms with van der Waals surface area (Å²) in [6.45, 7) is 0.788. The van der Waals surface area contributed by atoms with E-state index in [4.69, 9.17) is 11.6 Å². The molecule has 0 saturated heterocycles. The van der Waals surface area contributed by atoms with Crippen molar-refractivity contribution in [2.24, 2.45) is 0 Å². The molecule has 0 aliphatic heterocycles. The number of benzene rings is 1. The minimum absolute atomic E-state index is 0.459. The second-order valence-corrected chi connectivity index (χ2v) is 5.09. The van der Waals surface area contributed by atoms with Crippen molar-refractivity contribution in [2.75, 3.05) is 0 Å². The quantitative estimate of drug-likeness (QED) is 0.791. The van der Waals surface area contributed by atoms with Gasteiger partial charge < -0.3 is 0 Å². The van der Waals surface area contributed by atoms with E-state index in [-0.39, 0.29) is 0 Å². The summed E-state index contributed by atoms with van der Waals surface area (Å²) < 4.78 is 2.02. The van der Waals surface area contributed by atoms with Gasteiger partial charge in [0.15, 0.2) is 0 Å². The molecule has 4 heteroatoms. The van der Waals surface area contributed by atoms with Gasteiger partial charge in [0.1, 0.15) is 5.69 Å². The lowest BCUT2D eigenvalue weighted by atomic mass is 9.82. The van der Waals surface area contributed by atoms with Gasteiger partial charge in [-0.25, -0.2) is 4.68 Å². The molecule has 1 saturated carbocycles. The highest BCUT2D eigenvalue weighted by Gasteiger charge is 2.27. The number of hydrogen-bond donors (Lipinski definition) is 0. The molecule has 0 spiro atoms. The normalized spacial score (nSPS) is 15.6. The third-order valence-corrected chi connectivity index (χ3v) is 3.89. The van der Waals surface area contributed by atoms with E-state index in [2.05, 4.69) is 34.6 Å². The molecule has 0 radical (unpaired) electrons. The summed E-state index contributed by atoms with van der Waals surface area (Å²) in [5, 5.41) is 8.48. The van der Waals surface area contributed by atoms with Crippen LogP contribution in [0.25, 0.3) is 0 Å². The van der Waals surface area contributed by atoms with Crippen LogP contribution in [0.2, 0.25) is 0 Å². The molecule has 1 aliphatic carbocycles. The van der Waals surface area contributed by atoms with Gasteiger partial charge in [-0.05, 0) is 18.4 Å². The van der Waals surface area contributed by atoms with Gasteiger partial charge in [0.2, 0.25) is 0 Å². The fourth-order valence-corrected chi connectivity index (χ4v) is 2.64. The molecule has 0 N–H and O–H groups in total. The van der Waals surface area contributed by atoms with Crippen LogP contribution in [0.1, 0.15) is 42.1 Å². The Morgan fingerprint density at radius 2 is 2.00 bits per heavy atom. The average molecular weight is 262 g/mol. The Kier molecular flexibility index (Phi) is 3.33. The van der Waals surface area contributed by atoms with Gasteiger partial charge >= 0.3 is 0 Å². The molecule has 94 valence electrons. The Balaban J connectivity index is 1.89. The van der Waals surface area contributed by atoms with E-state index in [9.17, 15) is 0 Å². The SMILES string of the molecule is ClCc1nnn(Cc2ccccc2)c1C1CCC1. The number of alkyl halides is 1. The van der Waals surface area contributed by atoms with Gasteiger partial charge in [-0.1, -0.05) is 42.0 Å². The zero-order valence-electron chi connectivity index (χ0n) is 10.2. The molecule has 18 heavy (non-hydrogen) atoms. The van der Waals surface area contributed by atoms with Crippen LogP contribution in [-0.4, -0.2) is 15.0 Å². The molecule has 1 aliphatic rings. The summed E-state index contributed by atoms with van der Waals surface area (Å²) in [5.41, 5.74) is 3.46. The van der Waals surface area contributed by atoms with Crippen molar-refractivity contribution in [3.05, 3.63) is 47.3 Å². The monoisotopic (exact) mass is 261 g/mol. The Morgan fingerprint density at radius 3 is 2.61 bits per heavy atom. The maximum atomic E-state index is 5.96. The van der Waals surface area contributed by atoms with Gasteiger partial charge in [-0.3, -0.25) is 0 Å². The molecule has 3 nitrogen and oxygen atoms in total. The fraction of sp³-hybridized carbons (Fsp3) is 0.429. The topological polar surface area (TPSA) is 30.7 Å². The molecule has 0 unspecified atom stereocenters. The van der Waals surface area contributed by atoms with E-state index in [0.717, 1.165) is 12.2 Å². The summed E-state index contributed by atoms with van der Waals surface area (Å²) in [5.74, 6) is 1.07. The second-order valence-electron chi connectivity index (χ2n) is 4.83. The zero-order valence-corrected chi connectivity index (χ0v) is 11.0. The first-order valence-electron chi connectivity index (χ1n) is 6.40. The van der Waals surface area contributed by atoms with Crippen LogP contribution in [0.15, 0.2) is 30.3 Å². The van der Waals surface area contributed by atoms with Gasteiger partial charge in [-0.15, -0.1) is 16.7 Å². The number of rotatable bonds is 4. The van der Waals surface area contributed by atoms with Crippen molar-refractivity contribution in [1.82, 2.24) is 15.0 Å². The van der Waals surface area contributed by atoms with Crippen LogP contribution >= 0.6 is 11.6 Å². The summed E-state index contributed by atoms with van der Waals surface area (Å²) in [7, 11) is 0. The van der Waals surface area contributed by atoms with E-state index in [1.165, 1.54) is 30.5 Å². The summed E-state index contributed by atoms with van der Waals surface area (Å²) >= 11 is 5.96. The van der Waals surface area contributed by atoms with E-state index < -0.39 is 0 Å². The molecule has 0 amide bonds. The van der Waals surface area contributed by atoms with Crippen LogP contribution < -0.4 is 0 Å². The van der Waals surface area contributed by atoms with Crippen LogP contribution in [-0.2, 0) is 12.4 Å². The average Bonchev–Trinajstić information content (AvgIpc) is 2.72. The minimum atomic E-state index is 0.459. The molecule has 1 fully saturated rings. The van der Waals surface area contributed by atoms with E-state index in [0.29, 0.717) is 11.8 Å². The maximum absolute atomic E-state index is 5.96. The highest BCUT2D eigenvalue weighted by atomic mass is 35.5. The Morgan fingerprint density at radius 1 is 1.22 bits per heavy atom. The largest absolute Gasteiger partial charge is 0.244 e. The first-order valence-corrected chi connectivity index (χ1v) is 6.94. The number of nitrogens with zero attached hydrogens (tertiary/aromatic N) is 3. The molecular formula is C14H16ClN3. The van der Waals surface area contributed by atoms with Crippen LogP contribution in [0.3, 0.4) is 0 Å². The predicted octanol–water partition coefficient (Wildman–Crippen LogP) is 3.33. The van der Waals surface area contributed by atoms with E-state index >= 15 is 0 Å². The van der Waals surface area contributed by atoms with Crippen molar-refractivity contribution in [2.45, 2.75) is 37.6 Å². The second kappa shape index (κ2) is 5.11. The maximum Gasteiger partial charge on any atom is 0.101 e. The first-order chi connectivity index (χ1) is 8.88. The molecule has 2 aromatic rings. The van der Waals surface area contributed by atoms with E-state index in [1.54, 1.807) is 0 Å². The zero-order chi connectivity index (χ0) is 12.4. The predicted molar refractivity (Wildman–Crippen MR) is 71.7 cm³/mol. The fourth-order valence-electron chi connectivity index (χ4n) is 2.45. The van der Waals surface area contributed by atoms with Crippen LogP contribution in [0, 0.1) is 0 Å². The smallest absolute Gasteiger partial charge is 0.101 e. The van der Waals surface area contributed by atoms with Crippen molar-refractivity contribution < 1.29 is 0 Å². The van der Waals surface area contributed by atoms with Crippen LogP contribution in [0.5, 0.6) is 0 Å². The highest BCUT2D eigenvalue weighted by molar-refractivity contribution is 6.16. The standard InChI is InChI=1S/C14H16ClN3/c15-9-13-14(12-7-4-8-12)18(17-16-13)10-11-5-2-1-3-6-11/h1-3,5-6,12H,4,7-10H2. The molecule has 1 aromatic heterocycles. The molecule has 0 atom stereocenters. The third-order valence-electron chi connectivity index (χ3n) is 3.64. The highest BCUT2D eigenvalue weighted by Crippen LogP contribution is 2.37. The number of aromatic nitrogens is 3. The molecule has 0 bridgehead atoms. The lowest BCUT2D eigenvalue weighted by Crippen LogP contribution is -2.17. The first kappa shape index (κ1) is 11.7. The van der Waals surface area contributed by atoms with Gasteiger partial charge in [0.05, 0.1) is 18.1 Å². The van der Waals surface area contributed by atoms with Gasteiger partial charge in [0, 0.05) is 5.92 Å². The Labute approximate surface area is 112 Å². The molecule has 1 heterocycles.